The highest BCUT2D eigenvalue weighted by Crippen LogP contribution is 2.09. The van der Waals surface area contributed by atoms with Crippen LogP contribution in [0.2, 0.25) is 25.7 Å². The fourth-order valence-corrected chi connectivity index (χ4v) is 2.35. The molecule has 0 aliphatic carbocycles. The Balaban J connectivity index is 0.000000262. The number of hydrogen-bond acceptors (Lipinski definition) is 2. The van der Waals surface area contributed by atoms with E-state index in [9.17, 15) is 0 Å². The number of hydrogen-bond donors (Lipinski definition) is 2. The highest BCUT2D eigenvalue weighted by Gasteiger charge is 2.10. The summed E-state index contributed by atoms with van der Waals surface area (Å²) in [6, 6.07) is 10.9. The summed E-state index contributed by atoms with van der Waals surface area (Å²) in [5.41, 5.74) is 11.5. The average molecular weight is 224 g/mol. The largest absolute Gasteiger partial charge is 0.399 e. The first-order valence-corrected chi connectivity index (χ1v) is 9.17. The number of para-hydroxylation sites is 1. The van der Waals surface area contributed by atoms with E-state index in [2.05, 4.69) is 19.6 Å². The topological polar surface area (TPSA) is 52.0 Å². The van der Waals surface area contributed by atoms with Crippen LogP contribution in [0.15, 0.2) is 30.3 Å². The lowest BCUT2D eigenvalue weighted by Crippen LogP contribution is -2.20. The summed E-state index contributed by atoms with van der Waals surface area (Å²) in [5.74, 6) is 0. The standard InChI is InChI=1S/C6H17NSi.C6H7N/c1-8(2,3)6-4-5-7;7-6-4-2-1-3-5-6/h4-7H2,1-3H3;1-5H,7H2. The number of anilines is 1. The monoisotopic (exact) mass is 224 g/mol. The van der Waals surface area contributed by atoms with Crippen molar-refractivity contribution >= 4 is 13.8 Å². The molecule has 0 saturated heterocycles. The Morgan fingerprint density at radius 1 is 1.07 bits per heavy atom. The predicted octanol–water partition coefficient (Wildman–Crippen LogP) is 2.94. The first-order chi connectivity index (χ1) is 6.95. The molecule has 0 atom stereocenters. The third-order valence-electron chi connectivity index (χ3n) is 1.93. The van der Waals surface area contributed by atoms with Gasteiger partial charge < -0.3 is 11.5 Å². The molecule has 0 heterocycles. The maximum atomic E-state index is 5.36. The molecule has 0 aliphatic rings. The van der Waals surface area contributed by atoms with Gasteiger partial charge >= 0.3 is 0 Å². The minimum Gasteiger partial charge on any atom is -0.399 e. The first kappa shape index (κ1) is 14.2. The first-order valence-electron chi connectivity index (χ1n) is 5.46. The van der Waals surface area contributed by atoms with Gasteiger partial charge in [-0.1, -0.05) is 43.9 Å². The van der Waals surface area contributed by atoms with Crippen LogP contribution >= 0.6 is 0 Å². The SMILES string of the molecule is C[Si](C)(C)CCCN.Nc1ccccc1. The number of rotatable bonds is 3. The Morgan fingerprint density at radius 3 is 1.80 bits per heavy atom. The zero-order valence-electron chi connectivity index (χ0n) is 10.2. The molecule has 15 heavy (non-hydrogen) atoms. The highest BCUT2D eigenvalue weighted by atomic mass is 28.3. The Bertz CT molecular complexity index is 242. The van der Waals surface area contributed by atoms with Gasteiger partial charge in [-0.15, -0.1) is 0 Å². The van der Waals surface area contributed by atoms with Crippen LogP contribution in [0, 0.1) is 0 Å². The summed E-state index contributed by atoms with van der Waals surface area (Å²) < 4.78 is 0. The van der Waals surface area contributed by atoms with Gasteiger partial charge in [-0.25, -0.2) is 0 Å². The van der Waals surface area contributed by atoms with Gasteiger partial charge in [-0.2, -0.15) is 0 Å². The molecule has 0 radical (unpaired) electrons. The molecule has 0 unspecified atom stereocenters. The zero-order valence-corrected chi connectivity index (χ0v) is 11.2. The molecule has 2 nitrogen and oxygen atoms in total. The third-order valence-corrected chi connectivity index (χ3v) is 3.78. The minimum atomic E-state index is -0.758. The average Bonchev–Trinajstić information content (AvgIpc) is 2.16. The van der Waals surface area contributed by atoms with Gasteiger partial charge in [0.05, 0.1) is 0 Å². The van der Waals surface area contributed by atoms with Crippen LogP contribution in [-0.2, 0) is 0 Å². The Hall–Kier alpha value is -0.803. The van der Waals surface area contributed by atoms with Gasteiger partial charge in [0, 0.05) is 13.8 Å². The van der Waals surface area contributed by atoms with E-state index < -0.39 is 8.07 Å². The van der Waals surface area contributed by atoms with E-state index in [1.54, 1.807) is 0 Å². The quantitative estimate of drug-likeness (QED) is 0.612. The second kappa shape index (κ2) is 7.48. The van der Waals surface area contributed by atoms with Crippen LogP contribution in [0.5, 0.6) is 0 Å². The van der Waals surface area contributed by atoms with E-state index in [0.29, 0.717) is 0 Å². The van der Waals surface area contributed by atoms with Crippen molar-refractivity contribution < 1.29 is 0 Å². The molecule has 0 aliphatic heterocycles. The molecule has 3 heteroatoms. The fourth-order valence-electron chi connectivity index (χ4n) is 1.09. The summed E-state index contributed by atoms with van der Waals surface area (Å²) in [6.45, 7) is 8.00. The highest BCUT2D eigenvalue weighted by molar-refractivity contribution is 6.76. The van der Waals surface area contributed by atoms with E-state index in [1.165, 1.54) is 12.5 Å². The van der Waals surface area contributed by atoms with E-state index in [-0.39, 0.29) is 0 Å². The summed E-state index contributed by atoms with van der Waals surface area (Å²) in [7, 11) is -0.758. The van der Waals surface area contributed by atoms with Crippen LogP contribution in [0.3, 0.4) is 0 Å². The minimum absolute atomic E-state index is 0.758. The van der Waals surface area contributed by atoms with Crippen molar-refractivity contribution in [3.63, 3.8) is 0 Å². The second-order valence-electron chi connectivity index (χ2n) is 4.86. The van der Waals surface area contributed by atoms with Gasteiger partial charge in [-0.05, 0) is 25.1 Å². The number of benzene rings is 1. The molecular weight excluding hydrogens is 200 g/mol. The number of nitrogen functional groups attached to an aromatic ring is 1. The maximum absolute atomic E-state index is 5.36. The molecule has 0 amide bonds. The van der Waals surface area contributed by atoms with Crippen LogP contribution in [0.1, 0.15) is 6.42 Å². The van der Waals surface area contributed by atoms with Crippen molar-refractivity contribution in [2.75, 3.05) is 12.3 Å². The van der Waals surface area contributed by atoms with Crippen LogP contribution in [-0.4, -0.2) is 14.6 Å². The summed E-state index contributed by atoms with van der Waals surface area (Å²) in [6.07, 6.45) is 1.22. The van der Waals surface area contributed by atoms with E-state index in [0.717, 1.165) is 12.2 Å². The van der Waals surface area contributed by atoms with Crippen LogP contribution in [0.25, 0.3) is 0 Å². The summed E-state index contributed by atoms with van der Waals surface area (Å²) >= 11 is 0. The van der Waals surface area contributed by atoms with Gasteiger partial charge in [0.1, 0.15) is 0 Å². The third kappa shape index (κ3) is 11.1. The smallest absolute Gasteiger partial charge is 0.0443 e. The molecule has 0 spiro atoms. The molecule has 0 aromatic heterocycles. The predicted molar refractivity (Wildman–Crippen MR) is 72.7 cm³/mol. The van der Waals surface area contributed by atoms with Gasteiger partial charge in [0.2, 0.25) is 0 Å². The van der Waals surface area contributed by atoms with Gasteiger partial charge in [0.25, 0.3) is 0 Å². The van der Waals surface area contributed by atoms with Crippen LogP contribution in [0.4, 0.5) is 5.69 Å². The molecular formula is C12H24N2Si. The molecule has 0 saturated carbocycles. The normalized spacial score (nSPS) is 10.4. The molecule has 0 fully saturated rings. The van der Waals surface area contributed by atoms with Gasteiger partial charge in [0.15, 0.2) is 0 Å². The molecule has 0 bridgehead atoms. The van der Waals surface area contributed by atoms with E-state index in [4.69, 9.17) is 11.5 Å². The van der Waals surface area contributed by atoms with Crippen LogP contribution < -0.4 is 11.5 Å². The molecule has 4 N–H and O–H groups in total. The van der Waals surface area contributed by atoms with Crippen molar-refractivity contribution in [1.29, 1.82) is 0 Å². The van der Waals surface area contributed by atoms with Crippen molar-refractivity contribution in [1.82, 2.24) is 0 Å². The Labute approximate surface area is 94.7 Å². The lowest BCUT2D eigenvalue weighted by atomic mass is 10.3. The lowest BCUT2D eigenvalue weighted by Gasteiger charge is -2.13. The Morgan fingerprint density at radius 2 is 1.60 bits per heavy atom. The van der Waals surface area contributed by atoms with Gasteiger partial charge in [-0.3, -0.25) is 0 Å². The van der Waals surface area contributed by atoms with E-state index >= 15 is 0 Å². The van der Waals surface area contributed by atoms with Crippen molar-refractivity contribution in [2.45, 2.75) is 32.1 Å². The second-order valence-corrected chi connectivity index (χ2v) is 10.5. The lowest BCUT2D eigenvalue weighted by molar-refractivity contribution is 0.912. The van der Waals surface area contributed by atoms with Crippen molar-refractivity contribution in [3.8, 4) is 0 Å². The Kier molecular flexibility index (Phi) is 7.08. The zero-order chi connectivity index (χ0) is 11.7. The van der Waals surface area contributed by atoms with Crippen molar-refractivity contribution in [2.24, 2.45) is 5.73 Å². The molecule has 1 aromatic rings. The van der Waals surface area contributed by atoms with E-state index in [1.807, 2.05) is 30.3 Å². The molecule has 1 aromatic carbocycles. The van der Waals surface area contributed by atoms with Crippen molar-refractivity contribution in [3.05, 3.63) is 30.3 Å². The molecule has 86 valence electrons. The fraction of sp³-hybridized carbons (Fsp3) is 0.500. The summed E-state index contributed by atoms with van der Waals surface area (Å²) in [4.78, 5) is 0. The number of nitrogens with two attached hydrogens (primary N) is 2. The maximum Gasteiger partial charge on any atom is 0.0443 e. The molecule has 1 rings (SSSR count). The summed E-state index contributed by atoms with van der Waals surface area (Å²) in [5, 5.41) is 0.